The number of hydrogen-bond donors (Lipinski definition) is 1. The lowest BCUT2D eigenvalue weighted by molar-refractivity contribution is -0.145. The Kier molecular flexibility index (Phi) is 3.35. The van der Waals surface area contributed by atoms with Crippen LogP contribution in [0, 0.1) is 0 Å². The van der Waals surface area contributed by atoms with Crippen molar-refractivity contribution in [2.24, 2.45) is 0 Å². The van der Waals surface area contributed by atoms with Crippen LogP contribution in [0.2, 0.25) is 0 Å². The summed E-state index contributed by atoms with van der Waals surface area (Å²) in [6, 6.07) is 8.36. The average Bonchev–Trinajstić information content (AvgIpc) is 3.12. The molecule has 0 amide bonds. The van der Waals surface area contributed by atoms with Crippen molar-refractivity contribution in [3.63, 3.8) is 0 Å². The van der Waals surface area contributed by atoms with Gasteiger partial charge in [-0.1, -0.05) is 35.6 Å². The molecule has 1 aromatic carbocycles. The highest BCUT2D eigenvalue weighted by atomic mass is 16.4. The highest BCUT2D eigenvalue weighted by Crippen LogP contribution is 2.29. The number of allylic oxidation sites excluding steroid dienone is 3. The van der Waals surface area contributed by atoms with Crippen molar-refractivity contribution in [3.8, 4) is 11.3 Å². The van der Waals surface area contributed by atoms with E-state index >= 15 is 0 Å². The summed E-state index contributed by atoms with van der Waals surface area (Å²) >= 11 is 0. The second kappa shape index (κ2) is 5.55. The molecule has 7 nitrogen and oxygen atoms in total. The number of rotatable bonds is 3. The van der Waals surface area contributed by atoms with Crippen LogP contribution in [0.1, 0.15) is 6.42 Å². The normalized spacial score (nSPS) is 19.4. The lowest BCUT2D eigenvalue weighted by atomic mass is 9.91. The molecule has 0 fully saturated rings. The zero-order chi connectivity index (χ0) is 17.4. The predicted molar refractivity (Wildman–Crippen MR) is 90.0 cm³/mol. The fourth-order valence-electron chi connectivity index (χ4n) is 2.85. The summed E-state index contributed by atoms with van der Waals surface area (Å²) in [5.41, 5.74) is -0.102. The fourth-order valence-corrected chi connectivity index (χ4v) is 2.85. The molecule has 0 aliphatic heterocycles. The quantitative estimate of drug-likeness (QED) is 0.738. The Bertz CT molecular complexity index is 1090. The third kappa shape index (κ3) is 2.46. The molecule has 1 unspecified atom stereocenters. The van der Waals surface area contributed by atoms with Crippen LogP contribution >= 0.6 is 0 Å². The number of fused-ring (bicyclic) bond motifs is 1. The van der Waals surface area contributed by atoms with E-state index in [0.29, 0.717) is 16.8 Å². The van der Waals surface area contributed by atoms with Crippen molar-refractivity contribution in [1.82, 2.24) is 15.0 Å². The van der Waals surface area contributed by atoms with Crippen LogP contribution in [0.3, 0.4) is 0 Å². The fraction of sp³-hybridized carbons (Fsp3) is 0.111. The minimum atomic E-state index is -1.29. The Morgan fingerprint density at radius 3 is 2.84 bits per heavy atom. The molecular weight excluding hydrogens is 322 g/mol. The first-order valence-electron chi connectivity index (χ1n) is 7.63. The number of hydrogen-bond acceptors (Lipinski definition) is 5. The van der Waals surface area contributed by atoms with Crippen molar-refractivity contribution < 1.29 is 14.3 Å². The monoisotopic (exact) mass is 335 g/mol. The molecular formula is C18H13N3O4. The van der Waals surface area contributed by atoms with Crippen LogP contribution in [0.15, 0.2) is 70.0 Å². The summed E-state index contributed by atoms with van der Waals surface area (Å²) in [6.45, 7) is 0. The minimum absolute atomic E-state index is 0.286. The highest BCUT2D eigenvalue weighted by Gasteiger charge is 2.39. The second-order valence-corrected chi connectivity index (χ2v) is 5.78. The Hall–Kier alpha value is -3.48. The van der Waals surface area contributed by atoms with E-state index in [2.05, 4.69) is 10.3 Å². The van der Waals surface area contributed by atoms with Crippen molar-refractivity contribution in [2.75, 3.05) is 0 Å². The highest BCUT2D eigenvalue weighted by molar-refractivity contribution is 5.82. The third-order valence-corrected chi connectivity index (χ3v) is 4.24. The van der Waals surface area contributed by atoms with Gasteiger partial charge in [0.15, 0.2) is 5.54 Å². The lowest BCUT2D eigenvalue weighted by Crippen LogP contribution is -2.41. The van der Waals surface area contributed by atoms with Gasteiger partial charge in [-0.15, -0.1) is 5.10 Å². The van der Waals surface area contributed by atoms with Gasteiger partial charge in [0.2, 0.25) is 0 Å². The van der Waals surface area contributed by atoms with Gasteiger partial charge < -0.3 is 9.52 Å². The van der Waals surface area contributed by atoms with Crippen LogP contribution in [-0.4, -0.2) is 26.1 Å². The van der Waals surface area contributed by atoms with Crippen LogP contribution in [-0.2, 0) is 10.3 Å². The molecule has 1 atom stereocenters. The van der Waals surface area contributed by atoms with Gasteiger partial charge in [-0.05, 0) is 18.2 Å². The first-order chi connectivity index (χ1) is 12.1. The second-order valence-electron chi connectivity index (χ2n) is 5.78. The van der Waals surface area contributed by atoms with Crippen LogP contribution < -0.4 is 5.63 Å². The summed E-state index contributed by atoms with van der Waals surface area (Å²) in [5, 5.41) is 18.6. The van der Waals surface area contributed by atoms with Gasteiger partial charge in [-0.25, -0.2) is 14.3 Å². The summed E-state index contributed by atoms with van der Waals surface area (Å²) < 4.78 is 6.52. The largest absolute Gasteiger partial charge is 0.479 e. The predicted octanol–water partition coefficient (Wildman–Crippen LogP) is 2.35. The number of carbonyl (C=O) groups is 1. The molecule has 0 spiro atoms. The van der Waals surface area contributed by atoms with Gasteiger partial charge in [0.1, 0.15) is 11.3 Å². The molecule has 1 aliphatic carbocycles. The van der Waals surface area contributed by atoms with E-state index in [9.17, 15) is 14.7 Å². The first kappa shape index (κ1) is 15.1. The number of aliphatic carboxylic acids is 1. The Morgan fingerprint density at radius 2 is 2.08 bits per heavy atom. The van der Waals surface area contributed by atoms with Crippen molar-refractivity contribution in [3.05, 3.63) is 71.3 Å². The zero-order valence-corrected chi connectivity index (χ0v) is 13.0. The Morgan fingerprint density at radius 1 is 1.24 bits per heavy atom. The zero-order valence-electron chi connectivity index (χ0n) is 13.0. The number of carboxylic acid groups (broad SMARTS) is 1. The maximum absolute atomic E-state index is 11.8. The molecule has 2 aromatic heterocycles. The average molecular weight is 335 g/mol. The van der Waals surface area contributed by atoms with E-state index in [0.717, 1.165) is 5.39 Å². The standard InChI is InChI=1S/C18H13N3O4/c22-16-7-6-12-4-5-13(10-15(12)25-16)14-11-21(20-19-14)18(17(23)24)8-2-1-3-9-18/h1-8,10-11H,9H2,(H,23,24). The number of carboxylic acids is 1. The number of aromatic nitrogens is 3. The van der Waals surface area contributed by atoms with Crippen molar-refractivity contribution in [1.29, 1.82) is 0 Å². The van der Waals surface area contributed by atoms with E-state index in [1.807, 2.05) is 12.1 Å². The van der Waals surface area contributed by atoms with Crippen molar-refractivity contribution in [2.45, 2.75) is 12.0 Å². The molecule has 124 valence electrons. The number of benzene rings is 1. The van der Waals surface area contributed by atoms with Crippen LogP contribution in [0.4, 0.5) is 0 Å². The van der Waals surface area contributed by atoms with E-state index in [1.165, 1.54) is 10.7 Å². The molecule has 0 saturated heterocycles. The maximum atomic E-state index is 11.8. The molecule has 0 radical (unpaired) electrons. The molecule has 0 saturated carbocycles. The molecule has 4 rings (SSSR count). The summed E-state index contributed by atoms with van der Waals surface area (Å²) in [7, 11) is 0. The summed E-state index contributed by atoms with van der Waals surface area (Å²) in [5.74, 6) is -1.01. The Balaban J connectivity index is 1.79. The van der Waals surface area contributed by atoms with Gasteiger partial charge in [0.05, 0.1) is 6.20 Å². The molecule has 1 aliphatic rings. The van der Waals surface area contributed by atoms with Gasteiger partial charge in [0.25, 0.3) is 0 Å². The van der Waals surface area contributed by atoms with Crippen LogP contribution in [0.5, 0.6) is 0 Å². The topological polar surface area (TPSA) is 98.2 Å². The van der Waals surface area contributed by atoms with Gasteiger partial charge >= 0.3 is 11.6 Å². The molecule has 2 heterocycles. The number of nitrogens with zero attached hydrogens (tertiary/aromatic N) is 3. The van der Waals surface area contributed by atoms with Gasteiger partial charge in [-0.3, -0.25) is 0 Å². The van der Waals surface area contributed by atoms with Gasteiger partial charge in [0, 0.05) is 23.4 Å². The van der Waals surface area contributed by atoms with E-state index in [4.69, 9.17) is 4.42 Å². The minimum Gasteiger partial charge on any atom is -0.479 e. The summed E-state index contributed by atoms with van der Waals surface area (Å²) in [6.07, 6.45) is 8.72. The molecule has 0 bridgehead atoms. The third-order valence-electron chi connectivity index (χ3n) is 4.24. The van der Waals surface area contributed by atoms with E-state index in [1.54, 1.807) is 42.6 Å². The summed E-state index contributed by atoms with van der Waals surface area (Å²) in [4.78, 5) is 23.2. The maximum Gasteiger partial charge on any atom is 0.336 e. The van der Waals surface area contributed by atoms with Gasteiger partial charge in [-0.2, -0.15) is 0 Å². The molecule has 3 aromatic rings. The molecule has 25 heavy (non-hydrogen) atoms. The lowest BCUT2D eigenvalue weighted by Gasteiger charge is -2.26. The van der Waals surface area contributed by atoms with E-state index in [-0.39, 0.29) is 6.42 Å². The SMILES string of the molecule is O=C(O)C1(n2cc(-c3ccc4ccc(=O)oc4c3)nn2)C=CC=CC1. The van der Waals surface area contributed by atoms with Crippen molar-refractivity contribution >= 4 is 16.9 Å². The molecule has 7 heteroatoms. The first-order valence-corrected chi connectivity index (χ1v) is 7.63. The van der Waals surface area contributed by atoms with E-state index < -0.39 is 17.1 Å². The smallest absolute Gasteiger partial charge is 0.336 e. The Labute approximate surface area is 141 Å². The molecule has 1 N–H and O–H groups in total. The van der Waals surface area contributed by atoms with Crippen LogP contribution in [0.25, 0.3) is 22.2 Å².